The van der Waals surface area contributed by atoms with E-state index >= 15 is 0 Å². The standard InChI is InChI=1S/C60H41NOS/c1-3-4-25-57-39(2)47-20-14-23-55(59(47)63-57)61(45-32-26-41(27-33-45)40-15-6-5-7-16-40)46-34-28-42(29-35-46)44-30-36-50-49-19-10-11-21-51(49)60(54(50)38-44)52-22-12-13-24-56(52)62-58-48-18-9-8-17-43(48)31-37-53(58)60/h3-38H,1H2,2H3/b25-4-. The summed E-state index contributed by atoms with van der Waals surface area (Å²) in [7, 11) is 0. The first-order chi connectivity index (χ1) is 31.1. The van der Waals surface area contributed by atoms with Gasteiger partial charge in [-0.1, -0.05) is 176 Å². The van der Waals surface area contributed by atoms with E-state index in [1.165, 1.54) is 76.0 Å². The molecule has 12 rings (SSSR count). The first-order valence-corrected chi connectivity index (χ1v) is 22.3. The number of anilines is 3. The Balaban J connectivity index is 1.01. The number of rotatable bonds is 7. The largest absolute Gasteiger partial charge is 0.456 e. The second-order valence-corrected chi connectivity index (χ2v) is 17.5. The molecule has 0 N–H and O–H groups in total. The Hall–Kier alpha value is -7.72. The third-order valence-corrected chi connectivity index (χ3v) is 14.4. The molecule has 1 spiro atoms. The summed E-state index contributed by atoms with van der Waals surface area (Å²) in [5, 5.41) is 3.56. The summed E-state index contributed by atoms with van der Waals surface area (Å²) in [4.78, 5) is 3.65. The first kappa shape index (κ1) is 37.1. The van der Waals surface area contributed by atoms with Crippen LogP contribution in [-0.4, -0.2) is 0 Å². The van der Waals surface area contributed by atoms with Crippen molar-refractivity contribution in [2.24, 2.45) is 0 Å². The molecule has 0 saturated heterocycles. The lowest BCUT2D eigenvalue weighted by atomic mass is 9.65. The van der Waals surface area contributed by atoms with Crippen LogP contribution in [0.15, 0.2) is 219 Å². The summed E-state index contributed by atoms with van der Waals surface area (Å²) >= 11 is 1.83. The molecule has 63 heavy (non-hydrogen) atoms. The van der Waals surface area contributed by atoms with E-state index in [1.54, 1.807) is 0 Å². The molecule has 9 aromatic carbocycles. The minimum atomic E-state index is -0.559. The highest BCUT2D eigenvalue weighted by Crippen LogP contribution is 2.63. The van der Waals surface area contributed by atoms with Crippen LogP contribution in [-0.2, 0) is 5.41 Å². The van der Waals surface area contributed by atoms with E-state index in [9.17, 15) is 0 Å². The molecule has 2 heterocycles. The number of allylic oxidation sites excluding steroid dienone is 2. The predicted octanol–water partition coefficient (Wildman–Crippen LogP) is 16.8. The molecule has 10 aromatic rings. The topological polar surface area (TPSA) is 12.5 Å². The van der Waals surface area contributed by atoms with Crippen LogP contribution in [0, 0.1) is 6.92 Å². The van der Waals surface area contributed by atoms with Crippen molar-refractivity contribution < 1.29 is 4.74 Å². The van der Waals surface area contributed by atoms with Crippen LogP contribution in [0.4, 0.5) is 17.1 Å². The first-order valence-electron chi connectivity index (χ1n) is 21.5. The predicted molar refractivity (Wildman–Crippen MR) is 266 cm³/mol. The number of aryl methyl sites for hydroxylation is 1. The SMILES string of the molecule is C=C/C=C\c1sc2c(N(c3ccc(-c4ccccc4)cc3)c3ccc(-c4ccc5c(c4)C4(c6ccccc6Oc6c4ccc4ccccc64)c4ccccc4-5)cc3)cccc2c1C. The van der Waals surface area contributed by atoms with Crippen LogP contribution in [0.25, 0.3) is 60.3 Å². The van der Waals surface area contributed by atoms with Gasteiger partial charge in [0, 0.05) is 32.8 Å². The Morgan fingerprint density at radius 2 is 1.16 bits per heavy atom. The van der Waals surface area contributed by atoms with E-state index in [-0.39, 0.29) is 0 Å². The highest BCUT2D eigenvalue weighted by molar-refractivity contribution is 7.20. The van der Waals surface area contributed by atoms with Gasteiger partial charge in [-0.2, -0.15) is 0 Å². The third-order valence-electron chi connectivity index (χ3n) is 13.1. The van der Waals surface area contributed by atoms with Gasteiger partial charge >= 0.3 is 0 Å². The van der Waals surface area contributed by atoms with Gasteiger partial charge in [0.1, 0.15) is 11.5 Å². The summed E-state index contributed by atoms with van der Waals surface area (Å²) < 4.78 is 8.15. The van der Waals surface area contributed by atoms with E-state index < -0.39 is 5.41 Å². The maximum absolute atomic E-state index is 6.90. The number of fused-ring (bicyclic) bond motifs is 12. The minimum Gasteiger partial charge on any atom is -0.456 e. The van der Waals surface area contributed by atoms with Crippen LogP contribution in [0.5, 0.6) is 11.5 Å². The molecule has 298 valence electrons. The number of hydrogen-bond acceptors (Lipinski definition) is 3. The number of nitrogens with zero attached hydrogens (tertiary/aromatic N) is 1. The van der Waals surface area contributed by atoms with Gasteiger partial charge in [-0.15, -0.1) is 11.3 Å². The van der Waals surface area contributed by atoms with Crippen LogP contribution in [0.1, 0.15) is 32.7 Å². The third kappa shape index (κ3) is 5.70. The summed E-state index contributed by atoms with van der Waals surface area (Å²) in [6, 6.07) is 73.1. The van der Waals surface area contributed by atoms with E-state index in [2.05, 4.69) is 225 Å². The lowest BCUT2D eigenvalue weighted by Gasteiger charge is -2.40. The second kappa shape index (κ2) is 14.7. The number of thiophene rings is 1. The van der Waals surface area contributed by atoms with Crippen LogP contribution >= 0.6 is 11.3 Å². The smallest absolute Gasteiger partial charge is 0.140 e. The van der Waals surface area contributed by atoms with Crippen molar-refractivity contribution in [3.8, 4) is 44.9 Å². The molecule has 2 aliphatic rings. The van der Waals surface area contributed by atoms with Gasteiger partial charge in [-0.25, -0.2) is 0 Å². The van der Waals surface area contributed by atoms with Gasteiger partial charge in [-0.3, -0.25) is 0 Å². The van der Waals surface area contributed by atoms with Gasteiger partial charge in [0.25, 0.3) is 0 Å². The average molecular weight is 824 g/mol. The summed E-state index contributed by atoms with van der Waals surface area (Å²) in [6.07, 6.45) is 6.04. The molecular weight excluding hydrogens is 783 g/mol. The van der Waals surface area contributed by atoms with Crippen molar-refractivity contribution in [3.05, 3.63) is 252 Å². The summed E-state index contributed by atoms with van der Waals surface area (Å²) in [5.74, 6) is 1.83. The van der Waals surface area contributed by atoms with Crippen LogP contribution in [0.3, 0.4) is 0 Å². The quantitative estimate of drug-likeness (QED) is 0.148. The summed E-state index contributed by atoms with van der Waals surface area (Å²) in [5.41, 5.74) is 16.2. The Bertz CT molecular complexity index is 3450. The molecule has 0 radical (unpaired) electrons. The van der Waals surface area contributed by atoms with Gasteiger partial charge in [-0.05, 0) is 116 Å². The molecule has 1 aliphatic heterocycles. The van der Waals surface area contributed by atoms with Gasteiger partial charge < -0.3 is 9.64 Å². The van der Waals surface area contributed by atoms with Crippen molar-refractivity contribution in [1.82, 2.24) is 0 Å². The molecular formula is C60H41NOS. The zero-order valence-electron chi connectivity index (χ0n) is 34.8. The second-order valence-electron chi connectivity index (χ2n) is 16.5. The Morgan fingerprint density at radius 1 is 0.524 bits per heavy atom. The van der Waals surface area contributed by atoms with Crippen molar-refractivity contribution in [3.63, 3.8) is 0 Å². The van der Waals surface area contributed by atoms with Crippen molar-refractivity contribution >= 4 is 55.3 Å². The van der Waals surface area contributed by atoms with E-state index in [0.717, 1.165) is 39.5 Å². The lowest BCUT2D eigenvalue weighted by molar-refractivity contribution is 0.442. The molecule has 1 atom stereocenters. The Kier molecular flexibility index (Phi) is 8.67. The zero-order valence-corrected chi connectivity index (χ0v) is 35.6. The number of hydrogen-bond donors (Lipinski definition) is 0. The Morgan fingerprint density at radius 3 is 1.95 bits per heavy atom. The lowest BCUT2D eigenvalue weighted by Crippen LogP contribution is -2.32. The van der Waals surface area contributed by atoms with Crippen molar-refractivity contribution in [1.29, 1.82) is 0 Å². The van der Waals surface area contributed by atoms with Crippen molar-refractivity contribution in [2.75, 3.05) is 4.90 Å². The number of para-hydroxylation sites is 1. The molecule has 2 nitrogen and oxygen atoms in total. The number of ether oxygens (including phenoxy) is 1. The molecule has 0 bridgehead atoms. The van der Waals surface area contributed by atoms with Gasteiger partial charge in [0.15, 0.2) is 0 Å². The Labute approximate surface area is 372 Å². The normalized spacial score (nSPS) is 14.6. The maximum Gasteiger partial charge on any atom is 0.140 e. The van der Waals surface area contributed by atoms with Crippen LogP contribution in [0.2, 0.25) is 0 Å². The van der Waals surface area contributed by atoms with E-state index in [1.807, 2.05) is 23.5 Å². The van der Waals surface area contributed by atoms with Gasteiger partial charge in [0.05, 0.1) is 15.8 Å². The van der Waals surface area contributed by atoms with E-state index in [0.29, 0.717) is 0 Å². The average Bonchev–Trinajstić information content (AvgIpc) is 3.83. The van der Waals surface area contributed by atoms with Crippen LogP contribution < -0.4 is 9.64 Å². The molecule has 3 heteroatoms. The minimum absolute atomic E-state index is 0.559. The molecule has 0 fully saturated rings. The fourth-order valence-electron chi connectivity index (χ4n) is 10.2. The van der Waals surface area contributed by atoms with E-state index in [4.69, 9.17) is 4.74 Å². The fourth-order valence-corrected chi connectivity index (χ4v) is 11.4. The maximum atomic E-state index is 6.90. The monoisotopic (exact) mass is 823 g/mol. The number of benzene rings is 9. The van der Waals surface area contributed by atoms with Crippen molar-refractivity contribution in [2.45, 2.75) is 12.3 Å². The highest BCUT2D eigenvalue weighted by Gasteiger charge is 2.51. The fraction of sp³-hybridized carbons (Fsp3) is 0.0333. The highest BCUT2D eigenvalue weighted by atomic mass is 32.1. The molecule has 1 aromatic heterocycles. The molecule has 0 amide bonds. The molecule has 1 unspecified atom stereocenters. The molecule has 0 saturated carbocycles. The van der Waals surface area contributed by atoms with Gasteiger partial charge in [0.2, 0.25) is 0 Å². The summed E-state index contributed by atoms with van der Waals surface area (Å²) in [6.45, 7) is 6.14. The molecule has 1 aliphatic carbocycles. The zero-order chi connectivity index (χ0) is 42.1.